The lowest BCUT2D eigenvalue weighted by Gasteiger charge is -2.07. The Morgan fingerprint density at radius 2 is 1.74 bits per heavy atom. The van der Waals surface area contributed by atoms with Gasteiger partial charge in [0.1, 0.15) is 0 Å². The average molecular weight is 468 g/mol. The topological polar surface area (TPSA) is 12.0 Å². The Kier molecular flexibility index (Phi) is 5.66. The van der Waals surface area contributed by atoms with Crippen LogP contribution in [0.4, 0.5) is 0 Å². The molecule has 0 spiro atoms. The van der Waals surface area contributed by atoms with E-state index in [-0.39, 0.29) is 0 Å². The second kappa shape index (κ2) is 6.85. The van der Waals surface area contributed by atoms with E-state index in [2.05, 4.69) is 91.2 Å². The Labute approximate surface area is 143 Å². The first-order chi connectivity index (χ1) is 8.97. The van der Waals surface area contributed by atoms with E-state index >= 15 is 0 Å². The summed E-state index contributed by atoms with van der Waals surface area (Å²) < 4.78 is 3.26. The molecule has 1 aromatic heterocycles. The van der Waals surface area contributed by atoms with E-state index in [1.807, 2.05) is 11.3 Å². The molecule has 1 nitrogen and oxygen atoms in total. The molecular weight excluding hydrogens is 454 g/mol. The maximum Gasteiger partial charge on any atom is 0.0368 e. The zero-order chi connectivity index (χ0) is 14.0. The summed E-state index contributed by atoms with van der Waals surface area (Å²) in [6.45, 7) is 5.25. The minimum atomic E-state index is 0.511. The maximum absolute atomic E-state index is 3.64. The molecule has 0 amide bonds. The molecule has 0 unspecified atom stereocenters. The highest BCUT2D eigenvalue weighted by atomic mass is 79.9. The van der Waals surface area contributed by atoms with Gasteiger partial charge >= 0.3 is 0 Å². The first-order valence-corrected chi connectivity index (χ1v) is 9.14. The summed E-state index contributed by atoms with van der Waals surface area (Å²) in [5.74, 6) is 0. The molecule has 0 fully saturated rings. The first-order valence-electron chi connectivity index (χ1n) is 5.94. The number of nitrogens with one attached hydrogen (secondary N) is 1. The van der Waals surface area contributed by atoms with E-state index < -0.39 is 0 Å². The summed E-state index contributed by atoms with van der Waals surface area (Å²) in [5, 5.41) is 3.44. The Morgan fingerprint density at radius 3 is 2.32 bits per heavy atom. The van der Waals surface area contributed by atoms with Crippen LogP contribution >= 0.6 is 59.1 Å². The van der Waals surface area contributed by atoms with Gasteiger partial charge in [0.25, 0.3) is 0 Å². The monoisotopic (exact) mass is 465 g/mol. The molecule has 2 aromatic rings. The Balaban J connectivity index is 2.28. The molecule has 1 heterocycles. The number of hydrogen-bond acceptors (Lipinski definition) is 2. The highest BCUT2D eigenvalue weighted by Gasteiger charge is 2.11. The van der Waals surface area contributed by atoms with Crippen molar-refractivity contribution in [3.8, 4) is 10.4 Å². The smallest absolute Gasteiger partial charge is 0.0368 e. The van der Waals surface area contributed by atoms with Crippen LogP contribution in [0, 0.1) is 0 Å². The molecule has 0 radical (unpaired) electrons. The van der Waals surface area contributed by atoms with Gasteiger partial charge in [-0.25, -0.2) is 0 Å². The van der Waals surface area contributed by atoms with Crippen LogP contribution in [0.15, 0.2) is 37.7 Å². The van der Waals surface area contributed by atoms with Crippen LogP contribution in [0.3, 0.4) is 0 Å². The Morgan fingerprint density at radius 1 is 1.11 bits per heavy atom. The summed E-state index contributed by atoms with van der Waals surface area (Å²) in [6, 6.07) is 9.03. The quantitative estimate of drug-likeness (QED) is 0.564. The molecule has 0 atom stereocenters. The maximum atomic E-state index is 3.64. The average Bonchev–Trinajstić information content (AvgIpc) is 2.73. The number of rotatable bonds is 4. The fourth-order valence-corrected chi connectivity index (χ4v) is 5.67. The van der Waals surface area contributed by atoms with Crippen molar-refractivity contribution in [1.29, 1.82) is 0 Å². The number of halogens is 3. The molecule has 2 rings (SSSR count). The molecule has 102 valence electrons. The minimum absolute atomic E-state index is 0.511. The van der Waals surface area contributed by atoms with Gasteiger partial charge in [0, 0.05) is 41.3 Å². The summed E-state index contributed by atoms with van der Waals surface area (Å²) in [5.41, 5.74) is 1.21. The van der Waals surface area contributed by atoms with Crippen LogP contribution in [0.5, 0.6) is 0 Å². The van der Waals surface area contributed by atoms with Gasteiger partial charge in [0.2, 0.25) is 0 Å². The van der Waals surface area contributed by atoms with E-state index in [1.165, 1.54) is 15.3 Å². The molecule has 0 aliphatic carbocycles. The van der Waals surface area contributed by atoms with E-state index in [0.717, 1.165) is 20.0 Å². The second-order valence-corrected chi connectivity index (χ2v) is 8.34. The standard InChI is InChI=1S/C14H14Br3NS/c1-8(2)18-7-10-3-4-13(19-10)14-11(16)5-9(15)6-12(14)17/h3-6,8,18H,7H2,1-2H3. The van der Waals surface area contributed by atoms with Gasteiger partial charge in [-0.05, 0) is 24.3 Å². The molecule has 0 bridgehead atoms. The lowest BCUT2D eigenvalue weighted by Crippen LogP contribution is -2.21. The van der Waals surface area contributed by atoms with Crippen LogP contribution in [-0.4, -0.2) is 6.04 Å². The predicted octanol–water partition coefficient (Wildman–Crippen LogP) is 6.20. The molecule has 5 heteroatoms. The van der Waals surface area contributed by atoms with Crippen molar-refractivity contribution < 1.29 is 0 Å². The highest BCUT2D eigenvalue weighted by Crippen LogP contribution is 2.40. The fourth-order valence-electron chi connectivity index (χ4n) is 1.69. The van der Waals surface area contributed by atoms with Crippen LogP contribution in [-0.2, 0) is 6.54 Å². The van der Waals surface area contributed by atoms with E-state index in [0.29, 0.717) is 6.04 Å². The van der Waals surface area contributed by atoms with Gasteiger partial charge in [-0.3, -0.25) is 0 Å². The zero-order valence-electron chi connectivity index (χ0n) is 10.6. The minimum Gasteiger partial charge on any atom is -0.310 e. The third kappa shape index (κ3) is 4.14. The highest BCUT2D eigenvalue weighted by molar-refractivity contribution is 9.11. The number of thiophene rings is 1. The van der Waals surface area contributed by atoms with Crippen LogP contribution in [0.1, 0.15) is 18.7 Å². The third-order valence-electron chi connectivity index (χ3n) is 2.60. The third-order valence-corrected chi connectivity index (χ3v) is 5.41. The fraction of sp³-hybridized carbons (Fsp3) is 0.286. The summed E-state index contributed by atoms with van der Waals surface area (Å²) >= 11 is 12.6. The molecule has 19 heavy (non-hydrogen) atoms. The molecule has 0 aliphatic heterocycles. The lowest BCUT2D eigenvalue weighted by molar-refractivity contribution is 0.593. The largest absolute Gasteiger partial charge is 0.310 e. The summed E-state index contributed by atoms with van der Waals surface area (Å²) in [6.07, 6.45) is 0. The van der Waals surface area contributed by atoms with Crippen molar-refractivity contribution in [2.45, 2.75) is 26.4 Å². The Hall–Kier alpha value is 0.320. The van der Waals surface area contributed by atoms with Gasteiger partial charge in [-0.15, -0.1) is 11.3 Å². The number of benzene rings is 1. The van der Waals surface area contributed by atoms with Crippen molar-refractivity contribution in [3.05, 3.63) is 42.6 Å². The van der Waals surface area contributed by atoms with Gasteiger partial charge < -0.3 is 5.32 Å². The first kappa shape index (κ1) is 15.7. The van der Waals surface area contributed by atoms with Crippen molar-refractivity contribution >= 4 is 59.1 Å². The molecule has 0 aliphatic rings. The van der Waals surface area contributed by atoms with Gasteiger partial charge in [0.05, 0.1) is 0 Å². The number of hydrogen-bond donors (Lipinski definition) is 1. The van der Waals surface area contributed by atoms with Crippen molar-refractivity contribution in [3.63, 3.8) is 0 Å². The second-order valence-electron chi connectivity index (χ2n) is 4.55. The van der Waals surface area contributed by atoms with Crippen molar-refractivity contribution in [2.24, 2.45) is 0 Å². The van der Waals surface area contributed by atoms with Crippen molar-refractivity contribution in [1.82, 2.24) is 5.32 Å². The molecule has 0 saturated carbocycles. The van der Waals surface area contributed by atoms with Gasteiger partial charge in [-0.2, -0.15) is 0 Å². The van der Waals surface area contributed by atoms with E-state index in [4.69, 9.17) is 0 Å². The van der Waals surface area contributed by atoms with Gasteiger partial charge in [-0.1, -0.05) is 61.6 Å². The lowest BCUT2D eigenvalue weighted by atomic mass is 10.2. The van der Waals surface area contributed by atoms with Crippen molar-refractivity contribution in [2.75, 3.05) is 0 Å². The molecular formula is C14H14Br3NS. The predicted molar refractivity (Wildman–Crippen MR) is 94.8 cm³/mol. The van der Waals surface area contributed by atoms with E-state index in [9.17, 15) is 0 Å². The molecule has 0 saturated heterocycles. The normalized spacial score (nSPS) is 11.3. The summed E-state index contributed by atoms with van der Waals surface area (Å²) in [7, 11) is 0. The van der Waals surface area contributed by atoms with E-state index in [1.54, 1.807) is 0 Å². The van der Waals surface area contributed by atoms with Crippen LogP contribution < -0.4 is 5.32 Å². The Bertz CT molecular complexity index is 555. The van der Waals surface area contributed by atoms with Crippen LogP contribution in [0.25, 0.3) is 10.4 Å². The van der Waals surface area contributed by atoms with Gasteiger partial charge in [0.15, 0.2) is 0 Å². The summed E-state index contributed by atoms with van der Waals surface area (Å²) in [4.78, 5) is 2.62. The van der Waals surface area contributed by atoms with Crippen LogP contribution in [0.2, 0.25) is 0 Å². The molecule has 1 N–H and O–H groups in total. The zero-order valence-corrected chi connectivity index (χ0v) is 16.2. The SMILES string of the molecule is CC(C)NCc1ccc(-c2c(Br)cc(Br)cc2Br)s1. The molecule has 1 aromatic carbocycles.